The highest BCUT2D eigenvalue weighted by Gasteiger charge is 2.05. The standard InChI is InChI=1S/C12H15N5O/c1-8-3-5-10(6-4-8)7-14-12-16-15-9(2)11(18)17(12)13/h3-6H,7,13H2,1-2H3,(H,14,16). The Bertz CT molecular complexity index is 603. The van der Waals surface area contributed by atoms with Crippen molar-refractivity contribution in [2.24, 2.45) is 0 Å². The van der Waals surface area contributed by atoms with Crippen molar-refractivity contribution in [3.8, 4) is 0 Å². The first kappa shape index (κ1) is 12.1. The molecule has 3 N–H and O–H groups in total. The third kappa shape index (κ3) is 2.48. The molecule has 2 rings (SSSR count). The van der Waals surface area contributed by atoms with Crippen molar-refractivity contribution < 1.29 is 0 Å². The van der Waals surface area contributed by atoms with Crippen LogP contribution in [0, 0.1) is 13.8 Å². The van der Waals surface area contributed by atoms with Crippen molar-refractivity contribution in [1.82, 2.24) is 14.9 Å². The van der Waals surface area contributed by atoms with Crippen LogP contribution in [0.4, 0.5) is 5.95 Å². The highest BCUT2D eigenvalue weighted by molar-refractivity contribution is 5.29. The molecular weight excluding hydrogens is 230 g/mol. The van der Waals surface area contributed by atoms with Gasteiger partial charge in [0.2, 0.25) is 5.95 Å². The zero-order valence-corrected chi connectivity index (χ0v) is 10.3. The fourth-order valence-electron chi connectivity index (χ4n) is 1.49. The lowest BCUT2D eigenvalue weighted by molar-refractivity contribution is 0.793. The van der Waals surface area contributed by atoms with Crippen molar-refractivity contribution in [3.05, 3.63) is 51.4 Å². The second kappa shape index (κ2) is 4.87. The Kier molecular flexibility index (Phi) is 3.27. The van der Waals surface area contributed by atoms with Gasteiger partial charge in [0, 0.05) is 6.54 Å². The Balaban J connectivity index is 2.13. The minimum absolute atomic E-state index is 0.256. The van der Waals surface area contributed by atoms with E-state index >= 15 is 0 Å². The van der Waals surface area contributed by atoms with Crippen LogP contribution in [0.15, 0.2) is 29.1 Å². The summed E-state index contributed by atoms with van der Waals surface area (Å²) >= 11 is 0. The zero-order chi connectivity index (χ0) is 13.1. The normalized spacial score (nSPS) is 10.3. The molecule has 0 unspecified atom stereocenters. The second-order valence-electron chi connectivity index (χ2n) is 4.12. The van der Waals surface area contributed by atoms with Crippen molar-refractivity contribution in [2.75, 3.05) is 11.2 Å². The van der Waals surface area contributed by atoms with E-state index in [0.717, 1.165) is 10.2 Å². The van der Waals surface area contributed by atoms with Gasteiger partial charge in [0.1, 0.15) is 5.69 Å². The summed E-state index contributed by atoms with van der Waals surface area (Å²) in [6.07, 6.45) is 0. The lowest BCUT2D eigenvalue weighted by Crippen LogP contribution is -2.33. The predicted molar refractivity (Wildman–Crippen MR) is 69.7 cm³/mol. The maximum atomic E-state index is 11.5. The van der Waals surface area contributed by atoms with Crippen LogP contribution in [0.3, 0.4) is 0 Å². The minimum atomic E-state index is -0.351. The molecule has 18 heavy (non-hydrogen) atoms. The summed E-state index contributed by atoms with van der Waals surface area (Å²) in [5.74, 6) is 5.87. The predicted octanol–water partition coefficient (Wildman–Crippen LogP) is 0.581. The van der Waals surface area contributed by atoms with Crippen LogP contribution >= 0.6 is 0 Å². The van der Waals surface area contributed by atoms with Gasteiger partial charge in [0.05, 0.1) is 0 Å². The van der Waals surface area contributed by atoms with Gasteiger partial charge in [-0.2, -0.15) is 4.68 Å². The molecule has 1 heterocycles. The van der Waals surface area contributed by atoms with Gasteiger partial charge in [-0.3, -0.25) is 4.79 Å². The topological polar surface area (TPSA) is 85.8 Å². The molecule has 0 bridgehead atoms. The van der Waals surface area contributed by atoms with E-state index in [1.807, 2.05) is 31.2 Å². The first-order chi connectivity index (χ1) is 8.58. The average Bonchev–Trinajstić information content (AvgIpc) is 2.37. The molecular formula is C12H15N5O. The van der Waals surface area contributed by atoms with Gasteiger partial charge in [-0.1, -0.05) is 29.8 Å². The van der Waals surface area contributed by atoms with Crippen molar-refractivity contribution in [2.45, 2.75) is 20.4 Å². The first-order valence-corrected chi connectivity index (χ1v) is 5.59. The molecule has 1 aromatic carbocycles. The molecule has 6 nitrogen and oxygen atoms in total. The molecule has 0 atom stereocenters. The van der Waals surface area contributed by atoms with Crippen LogP contribution in [-0.2, 0) is 6.54 Å². The van der Waals surface area contributed by atoms with E-state index in [1.54, 1.807) is 6.92 Å². The van der Waals surface area contributed by atoms with Gasteiger partial charge >= 0.3 is 0 Å². The highest BCUT2D eigenvalue weighted by atomic mass is 16.1. The maximum absolute atomic E-state index is 11.5. The number of rotatable bonds is 3. The van der Waals surface area contributed by atoms with Gasteiger partial charge in [0.25, 0.3) is 5.56 Å². The number of anilines is 1. The Morgan fingerprint density at radius 1 is 1.22 bits per heavy atom. The molecule has 0 saturated carbocycles. The number of nitrogen functional groups attached to an aromatic ring is 1. The third-order valence-electron chi connectivity index (χ3n) is 2.62. The first-order valence-electron chi connectivity index (χ1n) is 5.59. The summed E-state index contributed by atoms with van der Waals surface area (Å²) in [6, 6.07) is 8.05. The monoisotopic (exact) mass is 245 g/mol. The zero-order valence-electron chi connectivity index (χ0n) is 10.3. The number of benzene rings is 1. The Morgan fingerprint density at radius 2 is 1.89 bits per heavy atom. The number of aryl methyl sites for hydroxylation is 2. The van der Waals surface area contributed by atoms with Crippen LogP contribution in [0.2, 0.25) is 0 Å². The average molecular weight is 245 g/mol. The molecule has 2 aromatic rings. The van der Waals surface area contributed by atoms with Gasteiger partial charge in [0.15, 0.2) is 0 Å². The third-order valence-corrected chi connectivity index (χ3v) is 2.62. The molecule has 0 fully saturated rings. The van der Waals surface area contributed by atoms with E-state index < -0.39 is 0 Å². The number of nitrogens with two attached hydrogens (primary N) is 1. The van der Waals surface area contributed by atoms with Crippen LogP contribution in [0.5, 0.6) is 0 Å². The molecule has 0 aliphatic heterocycles. The summed E-state index contributed by atoms with van der Waals surface area (Å²) in [7, 11) is 0. The number of hydrogen-bond donors (Lipinski definition) is 2. The summed E-state index contributed by atoms with van der Waals surface area (Å²) < 4.78 is 0.969. The van der Waals surface area contributed by atoms with E-state index in [1.165, 1.54) is 5.56 Å². The quantitative estimate of drug-likeness (QED) is 0.773. The largest absolute Gasteiger partial charge is 0.349 e. The summed E-state index contributed by atoms with van der Waals surface area (Å²) in [6.45, 7) is 4.14. The number of hydrogen-bond acceptors (Lipinski definition) is 5. The van der Waals surface area contributed by atoms with E-state index in [4.69, 9.17) is 5.84 Å². The Morgan fingerprint density at radius 3 is 2.56 bits per heavy atom. The SMILES string of the molecule is Cc1ccc(CNc2nnc(C)c(=O)n2N)cc1. The lowest BCUT2D eigenvalue weighted by Gasteiger charge is -2.09. The second-order valence-corrected chi connectivity index (χ2v) is 4.12. The Labute approximate surface area is 104 Å². The number of nitrogens with zero attached hydrogens (tertiary/aromatic N) is 3. The van der Waals surface area contributed by atoms with Crippen molar-refractivity contribution in [3.63, 3.8) is 0 Å². The van der Waals surface area contributed by atoms with Crippen LogP contribution < -0.4 is 16.7 Å². The lowest BCUT2D eigenvalue weighted by atomic mass is 10.1. The molecule has 94 valence electrons. The summed E-state index contributed by atoms with van der Waals surface area (Å²) in [4.78, 5) is 11.5. The molecule has 0 amide bonds. The fourth-order valence-corrected chi connectivity index (χ4v) is 1.49. The molecule has 0 aliphatic carbocycles. The molecule has 6 heteroatoms. The van der Waals surface area contributed by atoms with Crippen LogP contribution in [0.1, 0.15) is 16.8 Å². The van der Waals surface area contributed by atoms with Crippen molar-refractivity contribution in [1.29, 1.82) is 0 Å². The van der Waals surface area contributed by atoms with Gasteiger partial charge in [-0.15, -0.1) is 10.2 Å². The summed E-state index contributed by atoms with van der Waals surface area (Å²) in [5, 5.41) is 10.6. The van der Waals surface area contributed by atoms with Gasteiger partial charge in [-0.05, 0) is 19.4 Å². The van der Waals surface area contributed by atoms with E-state index in [9.17, 15) is 4.79 Å². The molecule has 0 aliphatic rings. The van der Waals surface area contributed by atoms with Gasteiger partial charge < -0.3 is 11.2 Å². The van der Waals surface area contributed by atoms with E-state index in [-0.39, 0.29) is 17.2 Å². The summed E-state index contributed by atoms with van der Waals surface area (Å²) in [5.41, 5.74) is 2.20. The fraction of sp³-hybridized carbons (Fsp3) is 0.250. The molecule has 0 radical (unpaired) electrons. The van der Waals surface area contributed by atoms with E-state index in [0.29, 0.717) is 6.54 Å². The number of aromatic nitrogens is 3. The highest BCUT2D eigenvalue weighted by Crippen LogP contribution is 2.05. The minimum Gasteiger partial charge on any atom is -0.349 e. The van der Waals surface area contributed by atoms with E-state index in [2.05, 4.69) is 15.5 Å². The van der Waals surface area contributed by atoms with Crippen LogP contribution in [0.25, 0.3) is 0 Å². The Hall–Kier alpha value is -2.37. The maximum Gasteiger partial charge on any atom is 0.295 e. The molecule has 0 saturated heterocycles. The van der Waals surface area contributed by atoms with Crippen molar-refractivity contribution >= 4 is 5.95 Å². The number of nitrogens with one attached hydrogen (secondary N) is 1. The molecule has 0 spiro atoms. The van der Waals surface area contributed by atoms with Gasteiger partial charge in [-0.25, -0.2) is 0 Å². The molecule has 1 aromatic heterocycles. The van der Waals surface area contributed by atoms with Crippen LogP contribution in [-0.4, -0.2) is 14.9 Å². The smallest absolute Gasteiger partial charge is 0.295 e.